The van der Waals surface area contributed by atoms with Crippen LogP contribution in [0.4, 0.5) is 0 Å². The molecule has 1 aliphatic carbocycles. The Kier molecular flexibility index (Phi) is 5.94. The van der Waals surface area contributed by atoms with Crippen molar-refractivity contribution in [1.29, 1.82) is 0 Å². The number of carbonyl (C=O) groups is 2. The monoisotopic (exact) mass is 372 g/mol. The third-order valence-electron chi connectivity index (χ3n) is 4.46. The second-order valence-electron chi connectivity index (χ2n) is 6.28. The average molecular weight is 373 g/mol. The summed E-state index contributed by atoms with van der Waals surface area (Å²) in [6, 6.07) is 10.5. The summed E-state index contributed by atoms with van der Waals surface area (Å²) >= 11 is 5.97. The van der Waals surface area contributed by atoms with Gasteiger partial charge in [0.1, 0.15) is 5.75 Å². The molecule has 4 nitrogen and oxygen atoms in total. The molecule has 0 unspecified atom stereocenters. The maximum Gasteiger partial charge on any atom is 0.343 e. The lowest BCUT2D eigenvalue weighted by Gasteiger charge is -2.21. The van der Waals surface area contributed by atoms with Crippen LogP contribution >= 0.6 is 11.6 Å². The molecule has 0 bridgehead atoms. The predicted octanol–water partition coefficient (Wildman–Crippen LogP) is 4.54. The summed E-state index contributed by atoms with van der Waals surface area (Å²) in [4.78, 5) is 24.6. The van der Waals surface area contributed by atoms with Gasteiger partial charge in [-0.25, -0.2) is 4.79 Å². The normalized spacial score (nSPS) is 13.0. The third kappa shape index (κ3) is 4.25. The Morgan fingerprint density at radius 3 is 2.69 bits per heavy atom. The van der Waals surface area contributed by atoms with E-state index < -0.39 is 5.97 Å². The van der Waals surface area contributed by atoms with Crippen molar-refractivity contribution in [2.24, 2.45) is 0 Å². The highest BCUT2D eigenvalue weighted by Gasteiger charge is 2.22. The van der Waals surface area contributed by atoms with Crippen molar-refractivity contribution in [1.82, 2.24) is 0 Å². The van der Waals surface area contributed by atoms with Crippen molar-refractivity contribution in [3.05, 3.63) is 63.7 Å². The van der Waals surface area contributed by atoms with Crippen LogP contribution in [0.5, 0.6) is 5.75 Å². The van der Waals surface area contributed by atoms with Gasteiger partial charge in [0.2, 0.25) is 0 Å². The van der Waals surface area contributed by atoms with Gasteiger partial charge in [0.15, 0.2) is 0 Å². The first-order valence-corrected chi connectivity index (χ1v) is 9.23. The molecule has 0 fully saturated rings. The van der Waals surface area contributed by atoms with E-state index in [9.17, 15) is 9.59 Å². The number of benzene rings is 2. The number of ether oxygens (including phenoxy) is 2. The van der Waals surface area contributed by atoms with E-state index in [1.165, 1.54) is 5.56 Å². The first-order valence-electron chi connectivity index (χ1n) is 8.85. The number of hydrogen-bond acceptors (Lipinski definition) is 4. The van der Waals surface area contributed by atoms with E-state index >= 15 is 0 Å². The maximum atomic E-state index is 12.6. The van der Waals surface area contributed by atoms with Crippen molar-refractivity contribution in [2.45, 2.75) is 39.0 Å². The van der Waals surface area contributed by atoms with E-state index in [1.807, 2.05) is 12.1 Å². The second kappa shape index (κ2) is 8.37. The van der Waals surface area contributed by atoms with E-state index in [-0.39, 0.29) is 12.4 Å². The zero-order valence-electron chi connectivity index (χ0n) is 14.7. The zero-order valence-corrected chi connectivity index (χ0v) is 15.5. The summed E-state index contributed by atoms with van der Waals surface area (Å²) in [5.41, 5.74) is 3.26. The van der Waals surface area contributed by atoms with Crippen molar-refractivity contribution >= 4 is 23.5 Å². The Morgan fingerprint density at radius 1 is 1.12 bits per heavy atom. The Balaban J connectivity index is 1.94. The van der Waals surface area contributed by atoms with Crippen LogP contribution in [0.2, 0.25) is 5.02 Å². The molecule has 0 saturated carbocycles. The number of esters is 2. The van der Waals surface area contributed by atoms with Gasteiger partial charge in [-0.15, -0.1) is 0 Å². The largest absolute Gasteiger partial charge is 0.466 e. The number of aryl methyl sites for hydroxylation is 1. The SMILES string of the molecule is CCOC(=O)Cc1ccc2c(c1OC(=O)c1cccc(Cl)c1)CCCC2. The Labute approximate surface area is 158 Å². The minimum Gasteiger partial charge on any atom is -0.466 e. The zero-order chi connectivity index (χ0) is 18.5. The van der Waals surface area contributed by atoms with Crippen LogP contribution in [0.1, 0.15) is 46.8 Å². The van der Waals surface area contributed by atoms with Gasteiger partial charge in [0.05, 0.1) is 18.6 Å². The van der Waals surface area contributed by atoms with Crippen LogP contribution in [0.15, 0.2) is 36.4 Å². The van der Waals surface area contributed by atoms with E-state index in [0.29, 0.717) is 28.5 Å². The average Bonchev–Trinajstić information content (AvgIpc) is 2.63. The first-order chi connectivity index (χ1) is 12.6. The minimum atomic E-state index is -0.475. The molecule has 136 valence electrons. The standard InChI is InChI=1S/C21H21ClO4/c1-2-25-19(23)13-15-11-10-14-6-3-4-9-18(14)20(15)26-21(24)16-7-5-8-17(22)12-16/h5,7-8,10-12H,2-4,6,9,13H2,1H3. The summed E-state index contributed by atoms with van der Waals surface area (Å²) < 4.78 is 10.8. The molecule has 0 amide bonds. The number of hydrogen-bond donors (Lipinski definition) is 0. The summed E-state index contributed by atoms with van der Waals surface area (Å²) in [5, 5.41) is 0.473. The van der Waals surface area contributed by atoms with Crippen molar-refractivity contribution in [3.63, 3.8) is 0 Å². The van der Waals surface area contributed by atoms with Crippen LogP contribution < -0.4 is 4.74 Å². The van der Waals surface area contributed by atoms with Crippen LogP contribution in [0.25, 0.3) is 0 Å². The molecule has 0 heterocycles. The lowest BCUT2D eigenvalue weighted by atomic mass is 9.88. The molecule has 0 aromatic heterocycles. The van der Waals surface area contributed by atoms with Crippen molar-refractivity contribution in [2.75, 3.05) is 6.61 Å². The molecule has 0 radical (unpaired) electrons. The minimum absolute atomic E-state index is 0.0826. The molecule has 1 aliphatic rings. The van der Waals surface area contributed by atoms with Gasteiger partial charge >= 0.3 is 11.9 Å². The van der Waals surface area contributed by atoms with E-state index in [2.05, 4.69) is 0 Å². The number of fused-ring (bicyclic) bond motifs is 1. The van der Waals surface area contributed by atoms with Gasteiger partial charge in [0, 0.05) is 10.6 Å². The summed E-state index contributed by atoms with van der Waals surface area (Å²) in [7, 11) is 0. The Morgan fingerprint density at radius 2 is 1.92 bits per heavy atom. The summed E-state index contributed by atoms with van der Waals surface area (Å²) in [5.74, 6) is -0.305. The molecule has 0 atom stereocenters. The topological polar surface area (TPSA) is 52.6 Å². The molecule has 26 heavy (non-hydrogen) atoms. The fourth-order valence-corrected chi connectivity index (χ4v) is 3.43. The smallest absolute Gasteiger partial charge is 0.343 e. The molecule has 0 spiro atoms. The van der Waals surface area contributed by atoms with Gasteiger partial charge in [-0.05, 0) is 61.9 Å². The van der Waals surface area contributed by atoms with Crippen LogP contribution in [0, 0.1) is 0 Å². The molecule has 0 N–H and O–H groups in total. The van der Waals surface area contributed by atoms with Gasteiger partial charge in [0.25, 0.3) is 0 Å². The van der Waals surface area contributed by atoms with Gasteiger partial charge in [-0.2, -0.15) is 0 Å². The van der Waals surface area contributed by atoms with Crippen LogP contribution in [-0.4, -0.2) is 18.5 Å². The highest BCUT2D eigenvalue weighted by atomic mass is 35.5. The molecule has 2 aromatic carbocycles. The molecule has 0 aliphatic heterocycles. The molecular formula is C21H21ClO4. The number of halogens is 1. The molecule has 0 saturated heterocycles. The first kappa shape index (κ1) is 18.5. The lowest BCUT2D eigenvalue weighted by molar-refractivity contribution is -0.142. The Hall–Kier alpha value is -2.33. The van der Waals surface area contributed by atoms with Crippen molar-refractivity contribution < 1.29 is 19.1 Å². The number of rotatable bonds is 5. The molecular weight excluding hydrogens is 352 g/mol. The summed E-state index contributed by atoms with van der Waals surface area (Å²) in [6.07, 6.45) is 4.03. The highest BCUT2D eigenvalue weighted by Crippen LogP contribution is 2.34. The second-order valence-corrected chi connectivity index (χ2v) is 6.72. The fourth-order valence-electron chi connectivity index (χ4n) is 3.24. The van der Waals surface area contributed by atoms with E-state index in [4.69, 9.17) is 21.1 Å². The maximum absolute atomic E-state index is 12.6. The predicted molar refractivity (Wildman–Crippen MR) is 99.8 cm³/mol. The van der Waals surface area contributed by atoms with Gasteiger partial charge < -0.3 is 9.47 Å². The number of carbonyl (C=O) groups excluding carboxylic acids is 2. The van der Waals surface area contributed by atoms with Crippen molar-refractivity contribution in [3.8, 4) is 5.75 Å². The van der Waals surface area contributed by atoms with Gasteiger partial charge in [-0.1, -0.05) is 29.8 Å². The summed E-state index contributed by atoms with van der Waals surface area (Å²) in [6.45, 7) is 2.09. The van der Waals surface area contributed by atoms with Crippen LogP contribution in [-0.2, 0) is 28.8 Å². The Bertz CT molecular complexity index is 829. The molecule has 5 heteroatoms. The third-order valence-corrected chi connectivity index (χ3v) is 4.69. The molecule has 2 aromatic rings. The fraction of sp³-hybridized carbons (Fsp3) is 0.333. The quantitative estimate of drug-likeness (QED) is 0.571. The van der Waals surface area contributed by atoms with E-state index in [1.54, 1.807) is 31.2 Å². The lowest BCUT2D eigenvalue weighted by Crippen LogP contribution is -2.16. The van der Waals surface area contributed by atoms with Crippen LogP contribution in [0.3, 0.4) is 0 Å². The van der Waals surface area contributed by atoms with Gasteiger partial charge in [-0.3, -0.25) is 4.79 Å². The van der Waals surface area contributed by atoms with E-state index in [0.717, 1.165) is 31.2 Å². The highest BCUT2D eigenvalue weighted by molar-refractivity contribution is 6.30. The molecule has 3 rings (SSSR count).